The number of aromatic nitrogens is 1. The van der Waals surface area contributed by atoms with Crippen LogP contribution in [0.2, 0.25) is 0 Å². The molecular weight excluding hydrogens is 303 g/mol. The molecule has 1 atom stereocenters. The van der Waals surface area contributed by atoms with Crippen LogP contribution in [0.5, 0.6) is 0 Å². The summed E-state index contributed by atoms with van der Waals surface area (Å²) >= 11 is 0. The van der Waals surface area contributed by atoms with Gasteiger partial charge in [0.1, 0.15) is 11.4 Å². The topological polar surface area (TPSA) is 79.7 Å². The van der Waals surface area contributed by atoms with E-state index in [9.17, 15) is 19.1 Å². The molecule has 1 N–H and O–H groups in total. The van der Waals surface area contributed by atoms with Crippen molar-refractivity contribution in [1.82, 2.24) is 9.88 Å². The SMILES string of the molecule is CCCN(C(=O)OC(C)(C)C)C(C)(C(=O)O)c1cncc(F)c1. The number of hydrogen-bond donors (Lipinski definition) is 1. The molecule has 0 aliphatic heterocycles. The summed E-state index contributed by atoms with van der Waals surface area (Å²) in [7, 11) is 0. The van der Waals surface area contributed by atoms with Gasteiger partial charge in [0.15, 0.2) is 5.54 Å². The average molecular weight is 326 g/mol. The number of carbonyl (C=O) groups is 2. The first-order chi connectivity index (χ1) is 10.5. The summed E-state index contributed by atoms with van der Waals surface area (Å²) in [5.41, 5.74) is -2.49. The zero-order chi connectivity index (χ0) is 17.8. The lowest BCUT2D eigenvalue weighted by Crippen LogP contribution is -2.54. The lowest BCUT2D eigenvalue weighted by atomic mass is 9.91. The Balaban J connectivity index is 3.36. The second-order valence-corrected chi connectivity index (χ2v) is 6.40. The lowest BCUT2D eigenvalue weighted by molar-refractivity contribution is -0.151. The van der Waals surface area contributed by atoms with Gasteiger partial charge in [0, 0.05) is 18.3 Å². The van der Waals surface area contributed by atoms with E-state index in [1.165, 1.54) is 13.1 Å². The third-order valence-electron chi connectivity index (χ3n) is 3.28. The molecular formula is C16H23FN2O4. The van der Waals surface area contributed by atoms with Crippen molar-refractivity contribution in [2.45, 2.75) is 52.2 Å². The van der Waals surface area contributed by atoms with Crippen molar-refractivity contribution in [3.8, 4) is 0 Å². The van der Waals surface area contributed by atoms with E-state index in [0.717, 1.165) is 17.2 Å². The lowest BCUT2D eigenvalue weighted by Gasteiger charge is -2.38. The highest BCUT2D eigenvalue weighted by Crippen LogP contribution is 2.30. The van der Waals surface area contributed by atoms with Crippen molar-refractivity contribution in [2.24, 2.45) is 0 Å². The van der Waals surface area contributed by atoms with Gasteiger partial charge in [-0.15, -0.1) is 0 Å². The van der Waals surface area contributed by atoms with Crippen LogP contribution in [0.4, 0.5) is 9.18 Å². The molecule has 7 heteroatoms. The van der Waals surface area contributed by atoms with Crippen LogP contribution in [0.25, 0.3) is 0 Å². The quantitative estimate of drug-likeness (QED) is 0.899. The molecule has 1 amide bonds. The zero-order valence-electron chi connectivity index (χ0n) is 14.1. The maximum Gasteiger partial charge on any atom is 0.411 e. The normalized spacial score (nSPS) is 14.0. The van der Waals surface area contributed by atoms with Crippen LogP contribution in [-0.2, 0) is 15.1 Å². The van der Waals surface area contributed by atoms with Crippen LogP contribution in [0.1, 0.15) is 46.6 Å². The number of carbonyl (C=O) groups excluding carboxylic acids is 1. The minimum absolute atomic E-state index is 0.0734. The molecule has 0 saturated heterocycles. The predicted molar refractivity (Wildman–Crippen MR) is 82.4 cm³/mol. The minimum atomic E-state index is -1.78. The molecule has 128 valence electrons. The fourth-order valence-corrected chi connectivity index (χ4v) is 2.11. The monoisotopic (exact) mass is 326 g/mol. The van der Waals surface area contributed by atoms with Gasteiger partial charge in [-0.1, -0.05) is 6.92 Å². The molecule has 0 fully saturated rings. The minimum Gasteiger partial charge on any atom is -0.479 e. The highest BCUT2D eigenvalue weighted by Gasteiger charge is 2.45. The van der Waals surface area contributed by atoms with Crippen molar-refractivity contribution in [1.29, 1.82) is 0 Å². The number of halogens is 1. The van der Waals surface area contributed by atoms with Gasteiger partial charge >= 0.3 is 12.1 Å². The standard InChI is InChI=1S/C16H23FN2O4/c1-6-7-19(14(22)23-15(2,3)4)16(5,13(20)21)11-8-12(17)10-18-9-11/h8-10H,6-7H2,1-5H3,(H,20,21). The van der Waals surface area contributed by atoms with E-state index in [2.05, 4.69) is 4.98 Å². The van der Waals surface area contributed by atoms with Crippen molar-refractivity contribution in [3.63, 3.8) is 0 Å². The highest BCUT2D eigenvalue weighted by atomic mass is 19.1. The maximum atomic E-state index is 13.5. The summed E-state index contributed by atoms with van der Waals surface area (Å²) in [5.74, 6) is -1.96. The number of aliphatic carboxylic acids is 1. The van der Waals surface area contributed by atoms with E-state index in [0.29, 0.717) is 6.42 Å². The first-order valence-corrected chi connectivity index (χ1v) is 7.37. The van der Waals surface area contributed by atoms with E-state index in [4.69, 9.17) is 4.74 Å². The number of carboxylic acid groups (broad SMARTS) is 1. The zero-order valence-corrected chi connectivity index (χ0v) is 14.1. The van der Waals surface area contributed by atoms with Gasteiger partial charge in [0.25, 0.3) is 0 Å². The van der Waals surface area contributed by atoms with E-state index >= 15 is 0 Å². The molecule has 0 aromatic carbocycles. The Morgan fingerprint density at radius 2 is 1.91 bits per heavy atom. The van der Waals surface area contributed by atoms with Crippen LogP contribution >= 0.6 is 0 Å². The Labute approximate surface area is 135 Å². The molecule has 1 aromatic rings. The molecule has 1 heterocycles. The van der Waals surface area contributed by atoms with E-state index < -0.39 is 29.0 Å². The van der Waals surface area contributed by atoms with Gasteiger partial charge < -0.3 is 9.84 Å². The van der Waals surface area contributed by atoms with Gasteiger partial charge in [0.05, 0.1) is 6.20 Å². The van der Waals surface area contributed by atoms with Crippen LogP contribution in [-0.4, -0.2) is 39.2 Å². The number of hydrogen-bond acceptors (Lipinski definition) is 4. The fraction of sp³-hybridized carbons (Fsp3) is 0.562. The number of rotatable bonds is 5. The second-order valence-electron chi connectivity index (χ2n) is 6.40. The molecule has 1 rings (SSSR count). The number of nitrogens with zero attached hydrogens (tertiary/aromatic N) is 2. The first kappa shape index (κ1) is 18.9. The molecule has 23 heavy (non-hydrogen) atoms. The number of amides is 1. The van der Waals surface area contributed by atoms with Crippen LogP contribution in [0, 0.1) is 5.82 Å². The Morgan fingerprint density at radius 3 is 2.35 bits per heavy atom. The summed E-state index contributed by atoms with van der Waals surface area (Å²) < 4.78 is 18.8. The van der Waals surface area contributed by atoms with Crippen LogP contribution in [0.3, 0.4) is 0 Å². The smallest absolute Gasteiger partial charge is 0.411 e. The summed E-state index contributed by atoms with van der Waals surface area (Å²) in [5, 5.41) is 9.72. The summed E-state index contributed by atoms with van der Waals surface area (Å²) in [6.45, 7) is 8.37. The first-order valence-electron chi connectivity index (χ1n) is 7.37. The second kappa shape index (κ2) is 6.93. The summed E-state index contributed by atoms with van der Waals surface area (Å²) in [6.07, 6.45) is 1.96. The molecule has 0 aliphatic rings. The van der Waals surface area contributed by atoms with Gasteiger partial charge in [0.2, 0.25) is 0 Å². The molecule has 0 bridgehead atoms. The number of carboxylic acids is 1. The van der Waals surface area contributed by atoms with Crippen molar-refractivity contribution >= 4 is 12.1 Å². The molecule has 0 saturated carbocycles. The predicted octanol–water partition coefficient (Wildman–Crippen LogP) is 3.17. The van der Waals surface area contributed by atoms with Crippen LogP contribution in [0.15, 0.2) is 18.5 Å². The fourth-order valence-electron chi connectivity index (χ4n) is 2.11. The van der Waals surface area contributed by atoms with Crippen molar-refractivity contribution in [2.75, 3.05) is 6.54 Å². The highest BCUT2D eigenvalue weighted by molar-refractivity contribution is 5.85. The van der Waals surface area contributed by atoms with Gasteiger partial charge in [-0.05, 0) is 40.2 Å². The number of ether oxygens (including phenoxy) is 1. The van der Waals surface area contributed by atoms with Crippen molar-refractivity contribution < 1.29 is 23.8 Å². The van der Waals surface area contributed by atoms with Crippen molar-refractivity contribution in [3.05, 3.63) is 29.8 Å². The van der Waals surface area contributed by atoms with Crippen LogP contribution < -0.4 is 0 Å². The van der Waals surface area contributed by atoms with Gasteiger partial charge in [-0.25, -0.2) is 14.0 Å². The van der Waals surface area contributed by atoms with E-state index in [1.807, 2.05) is 6.92 Å². The van der Waals surface area contributed by atoms with Gasteiger partial charge in [-0.3, -0.25) is 9.88 Å². The molecule has 0 spiro atoms. The maximum absolute atomic E-state index is 13.5. The average Bonchev–Trinajstić information content (AvgIpc) is 2.41. The van der Waals surface area contributed by atoms with Gasteiger partial charge in [-0.2, -0.15) is 0 Å². The Kier molecular flexibility index (Phi) is 5.69. The Hall–Kier alpha value is -2.18. The molecule has 6 nitrogen and oxygen atoms in total. The molecule has 1 aromatic heterocycles. The Morgan fingerprint density at radius 1 is 1.30 bits per heavy atom. The van der Waals surface area contributed by atoms with E-state index in [-0.39, 0.29) is 12.1 Å². The van der Waals surface area contributed by atoms with E-state index in [1.54, 1.807) is 20.8 Å². The Bertz CT molecular complexity index is 586. The molecule has 1 unspecified atom stereocenters. The third-order valence-corrected chi connectivity index (χ3v) is 3.28. The third kappa shape index (κ3) is 4.40. The largest absolute Gasteiger partial charge is 0.479 e. The molecule has 0 aliphatic carbocycles. The summed E-state index contributed by atoms with van der Waals surface area (Å²) in [6, 6.07) is 1.06. The number of pyridine rings is 1. The molecule has 0 radical (unpaired) electrons. The summed E-state index contributed by atoms with van der Waals surface area (Å²) in [4.78, 5) is 29.2.